The van der Waals surface area contributed by atoms with Crippen LogP contribution >= 0.6 is 0 Å². The number of rotatable bonds is 6. The zero-order valence-corrected chi connectivity index (χ0v) is 11.6. The van der Waals surface area contributed by atoms with Crippen molar-refractivity contribution < 1.29 is 18.7 Å². The van der Waals surface area contributed by atoms with Gasteiger partial charge in [0, 0.05) is 25.1 Å². The number of hydrogen-bond donors (Lipinski definition) is 1. The Morgan fingerprint density at radius 2 is 2.00 bits per heavy atom. The number of ether oxygens (including phenoxy) is 1. The molecule has 20 heavy (non-hydrogen) atoms. The Balaban J connectivity index is 2.43. The van der Waals surface area contributed by atoms with Crippen molar-refractivity contribution in [2.24, 2.45) is 0 Å². The third-order valence-corrected chi connectivity index (χ3v) is 2.57. The third-order valence-electron chi connectivity index (χ3n) is 2.57. The fourth-order valence-electron chi connectivity index (χ4n) is 1.59. The van der Waals surface area contributed by atoms with Gasteiger partial charge in [-0.2, -0.15) is 0 Å². The van der Waals surface area contributed by atoms with E-state index >= 15 is 0 Å². The van der Waals surface area contributed by atoms with Gasteiger partial charge in [0.25, 0.3) is 0 Å². The minimum Gasteiger partial charge on any atom is -0.462 e. The van der Waals surface area contributed by atoms with Crippen LogP contribution in [-0.4, -0.2) is 25.0 Å². The zero-order chi connectivity index (χ0) is 15.0. The average molecular weight is 279 g/mol. The average Bonchev–Trinajstić information content (AvgIpc) is 2.38. The highest BCUT2D eigenvalue weighted by molar-refractivity contribution is 5.90. The summed E-state index contributed by atoms with van der Waals surface area (Å²) in [5.74, 6) is -1.01. The van der Waals surface area contributed by atoms with Crippen LogP contribution in [0, 0.1) is 5.82 Å². The first-order valence-corrected chi connectivity index (χ1v) is 6.35. The van der Waals surface area contributed by atoms with E-state index < -0.39 is 5.97 Å². The van der Waals surface area contributed by atoms with Crippen molar-refractivity contribution in [3.63, 3.8) is 0 Å². The van der Waals surface area contributed by atoms with Crippen LogP contribution in [0.5, 0.6) is 0 Å². The van der Waals surface area contributed by atoms with Gasteiger partial charge in [-0.15, -0.1) is 0 Å². The Morgan fingerprint density at radius 1 is 1.30 bits per heavy atom. The van der Waals surface area contributed by atoms with Crippen LogP contribution < -0.4 is 5.32 Å². The summed E-state index contributed by atoms with van der Waals surface area (Å²) in [6.45, 7) is 3.74. The number of amides is 1. The lowest BCUT2D eigenvalue weighted by molar-refractivity contribution is -0.137. The molecule has 1 amide bonds. The summed E-state index contributed by atoms with van der Waals surface area (Å²) in [6.07, 6.45) is 1.80. The molecule has 5 heteroatoms. The minimum atomic E-state index is -0.520. The number of halogens is 1. The van der Waals surface area contributed by atoms with E-state index in [2.05, 4.69) is 5.32 Å². The van der Waals surface area contributed by atoms with E-state index in [1.165, 1.54) is 19.1 Å². The van der Waals surface area contributed by atoms with Crippen molar-refractivity contribution in [3.8, 4) is 0 Å². The molecule has 0 aliphatic heterocycles. The van der Waals surface area contributed by atoms with Crippen LogP contribution in [0.15, 0.2) is 30.3 Å². The molecule has 0 unspecified atom stereocenters. The van der Waals surface area contributed by atoms with E-state index in [-0.39, 0.29) is 18.3 Å². The molecule has 0 spiro atoms. The number of carbonyl (C=O) groups excluding carboxylic acids is 2. The van der Waals surface area contributed by atoms with Gasteiger partial charge in [-0.25, -0.2) is 9.18 Å². The normalized spacial score (nSPS) is 11.1. The van der Waals surface area contributed by atoms with Crippen LogP contribution in [0.1, 0.15) is 25.8 Å². The monoisotopic (exact) mass is 279 g/mol. The summed E-state index contributed by atoms with van der Waals surface area (Å²) in [5, 5.41) is 2.60. The number of nitrogens with one attached hydrogen (secondary N) is 1. The summed E-state index contributed by atoms with van der Waals surface area (Å²) in [4.78, 5) is 22.1. The maximum Gasteiger partial charge on any atom is 0.331 e. The Morgan fingerprint density at radius 3 is 2.65 bits per heavy atom. The molecule has 0 saturated carbocycles. The van der Waals surface area contributed by atoms with Crippen molar-refractivity contribution >= 4 is 17.4 Å². The molecule has 0 aliphatic rings. The molecule has 0 radical (unpaired) electrons. The molecule has 0 aromatic heterocycles. The van der Waals surface area contributed by atoms with Gasteiger partial charge < -0.3 is 10.1 Å². The first-order chi connectivity index (χ1) is 9.50. The van der Waals surface area contributed by atoms with Crippen molar-refractivity contribution in [1.29, 1.82) is 0 Å². The molecule has 0 aliphatic carbocycles. The van der Waals surface area contributed by atoms with Gasteiger partial charge >= 0.3 is 5.97 Å². The van der Waals surface area contributed by atoms with E-state index in [1.54, 1.807) is 25.1 Å². The molecule has 0 atom stereocenters. The molecule has 0 heterocycles. The summed E-state index contributed by atoms with van der Waals surface area (Å²) in [6, 6.07) is 6.23. The van der Waals surface area contributed by atoms with Gasteiger partial charge in [-0.05, 0) is 25.0 Å². The smallest absolute Gasteiger partial charge is 0.331 e. The summed E-state index contributed by atoms with van der Waals surface area (Å²) in [7, 11) is 0. The SMILES string of the molecule is CC(=O)NCCCOC(=O)C=C(C)c1ccccc1F. The van der Waals surface area contributed by atoms with Crippen LogP contribution in [0.3, 0.4) is 0 Å². The van der Waals surface area contributed by atoms with E-state index in [9.17, 15) is 14.0 Å². The Kier molecular flexibility index (Phi) is 6.43. The lowest BCUT2D eigenvalue weighted by Crippen LogP contribution is -2.22. The highest BCUT2D eigenvalue weighted by Crippen LogP contribution is 2.17. The highest BCUT2D eigenvalue weighted by Gasteiger charge is 2.05. The second kappa shape index (κ2) is 8.09. The first kappa shape index (κ1) is 15.9. The predicted molar refractivity (Wildman–Crippen MR) is 74.3 cm³/mol. The molecule has 108 valence electrons. The van der Waals surface area contributed by atoms with Gasteiger partial charge in [-0.3, -0.25) is 4.79 Å². The molecule has 1 aromatic rings. The summed E-state index contributed by atoms with van der Waals surface area (Å²) < 4.78 is 18.5. The van der Waals surface area contributed by atoms with Crippen molar-refractivity contribution in [3.05, 3.63) is 41.7 Å². The molecule has 1 rings (SSSR count). The highest BCUT2D eigenvalue weighted by atomic mass is 19.1. The largest absolute Gasteiger partial charge is 0.462 e. The number of allylic oxidation sites excluding steroid dienone is 1. The van der Waals surface area contributed by atoms with Gasteiger partial charge in [0.15, 0.2) is 0 Å². The lowest BCUT2D eigenvalue weighted by Gasteiger charge is -2.05. The molecule has 0 fully saturated rings. The van der Waals surface area contributed by atoms with Crippen molar-refractivity contribution in [2.75, 3.05) is 13.2 Å². The molecular weight excluding hydrogens is 261 g/mol. The molecule has 1 N–H and O–H groups in total. The number of benzene rings is 1. The second-order valence-corrected chi connectivity index (χ2v) is 4.31. The fourth-order valence-corrected chi connectivity index (χ4v) is 1.59. The van der Waals surface area contributed by atoms with E-state index in [0.29, 0.717) is 24.1 Å². The van der Waals surface area contributed by atoms with Gasteiger partial charge in [0.2, 0.25) is 5.91 Å². The standard InChI is InChI=1S/C15H18FNO3/c1-11(13-6-3-4-7-14(13)16)10-15(19)20-9-5-8-17-12(2)18/h3-4,6-7,10H,5,8-9H2,1-2H3,(H,17,18). The maximum atomic E-state index is 13.5. The Bertz CT molecular complexity index is 512. The van der Waals surface area contributed by atoms with Crippen LogP contribution in [0.25, 0.3) is 5.57 Å². The molecular formula is C15H18FNO3. The lowest BCUT2D eigenvalue weighted by atomic mass is 10.1. The van der Waals surface area contributed by atoms with E-state index in [1.807, 2.05) is 0 Å². The maximum absolute atomic E-state index is 13.5. The second-order valence-electron chi connectivity index (χ2n) is 4.31. The number of esters is 1. The predicted octanol–water partition coefficient (Wildman–Crippen LogP) is 2.30. The van der Waals surface area contributed by atoms with Crippen LogP contribution in [0.2, 0.25) is 0 Å². The van der Waals surface area contributed by atoms with Crippen molar-refractivity contribution in [1.82, 2.24) is 5.32 Å². The van der Waals surface area contributed by atoms with Gasteiger partial charge in [0.1, 0.15) is 5.82 Å². The molecule has 0 saturated heterocycles. The minimum absolute atomic E-state index is 0.119. The Hall–Kier alpha value is -2.17. The Labute approximate surface area is 117 Å². The van der Waals surface area contributed by atoms with Gasteiger partial charge in [-0.1, -0.05) is 18.2 Å². The molecule has 1 aromatic carbocycles. The number of hydrogen-bond acceptors (Lipinski definition) is 3. The zero-order valence-electron chi connectivity index (χ0n) is 11.6. The first-order valence-electron chi connectivity index (χ1n) is 6.35. The quantitative estimate of drug-likeness (QED) is 0.494. The van der Waals surface area contributed by atoms with Crippen LogP contribution in [-0.2, 0) is 14.3 Å². The molecule has 0 bridgehead atoms. The van der Waals surface area contributed by atoms with Crippen molar-refractivity contribution in [2.45, 2.75) is 20.3 Å². The van der Waals surface area contributed by atoms with E-state index in [4.69, 9.17) is 4.74 Å². The summed E-state index contributed by atoms with van der Waals surface area (Å²) >= 11 is 0. The third kappa shape index (κ3) is 5.65. The fraction of sp³-hybridized carbons (Fsp3) is 0.333. The summed E-state index contributed by atoms with van der Waals surface area (Å²) in [5.41, 5.74) is 0.887. The van der Waals surface area contributed by atoms with Gasteiger partial charge in [0.05, 0.1) is 6.61 Å². The van der Waals surface area contributed by atoms with E-state index in [0.717, 1.165) is 0 Å². The molecule has 4 nitrogen and oxygen atoms in total. The van der Waals surface area contributed by atoms with Crippen LogP contribution in [0.4, 0.5) is 4.39 Å². The topological polar surface area (TPSA) is 55.4 Å². The number of carbonyl (C=O) groups is 2.